The average molecular weight is 436 g/mol. The Morgan fingerprint density at radius 3 is 2.66 bits per heavy atom. The maximum absolute atomic E-state index is 13.6. The standard InChI is InChI=1S/C25H29N3O4/c29-23(26-10-11-27-12-14-31-15-13-27)17-28-22-9-5-4-8-20(22)21-16-25(21,24(28)30)18-32-19-6-2-1-3-7-19/h1-9,21H,10-18H2,(H,26,29)/t21-,25+/m0/s1. The number of nitrogens with one attached hydrogen (secondary N) is 1. The number of anilines is 1. The van der Waals surface area contributed by atoms with Crippen molar-refractivity contribution in [3.05, 3.63) is 60.2 Å². The molecule has 1 saturated heterocycles. The lowest BCUT2D eigenvalue weighted by Crippen LogP contribution is -2.49. The van der Waals surface area contributed by atoms with Crippen LogP contribution in [0, 0.1) is 5.41 Å². The van der Waals surface area contributed by atoms with E-state index in [2.05, 4.69) is 16.3 Å². The highest BCUT2D eigenvalue weighted by Gasteiger charge is 2.66. The Kier molecular flexibility index (Phi) is 5.85. The Hall–Kier alpha value is -2.90. The quantitative estimate of drug-likeness (QED) is 0.687. The summed E-state index contributed by atoms with van der Waals surface area (Å²) in [6.07, 6.45) is 0.755. The van der Waals surface area contributed by atoms with Gasteiger partial charge in [-0.2, -0.15) is 0 Å². The molecule has 0 aromatic heterocycles. The van der Waals surface area contributed by atoms with Gasteiger partial charge in [0, 0.05) is 37.8 Å². The van der Waals surface area contributed by atoms with Gasteiger partial charge in [0.05, 0.1) is 18.6 Å². The number of hydrogen-bond acceptors (Lipinski definition) is 5. The second-order valence-electron chi connectivity index (χ2n) is 8.77. The van der Waals surface area contributed by atoms with Gasteiger partial charge in [0.25, 0.3) is 0 Å². The molecule has 0 bridgehead atoms. The third kappa shape index (κ3) is 4.10. The molecule has 2 aliphatic heterocycles. The van der Waals surface area contributed by atoms with Gasteiger partial charge in [-0.05, 0) is 30.2 Å². The number of carbonyl (C=O) groups excluding carboxylic acids is 2. The number of para-hydroxylation sites is 2. The summed E-state index contributed by atoms with van der Waals surface area (Å²) in [5.41, 5.74) is 1.39. The van der Waals surface area contributed by atoms with E-state index in [0.717, 1.165) is 56.3 Å². The minimum Gasteiger partial charge on any atom is -0.492 e. The van der Waals surface area contributed by atoms with E-state index >= 15 is 0 Å². The van der Waals surface area contributed by atoms with Gasteiger partial charge < -0.3 is 19.7 Å². The molecule has 7 nitrogen and oxygen atoms in total. The third-order valence-electron chi connectivity index (χ3n) is 6.74. The van der Waals surface area contributed by atoms with Crippen molar-refractivity contribution in [3.8, 4) is 5.75 Å². The van der Waals surface area contributed by atoms with Crippen LogP contribution >= 0.6 is 0 Å². The topological polar surface area (TPSA) is 71.1 Å². The number of fused-ring (bicyclic) bond motifs is 3. The van der Waals surface area contributed by atoms with Crippen molar-refractivity contribution in [3.63, 3.8) is 0 Å². The Labute approximate surface area is 188 Å². The van der Waals surface area contributed by atoms with Gasteiger partial charge in [-0.3, -0.25) is 14.5 Å². The van der Waals surface area contributed by atoms with Gasteiger partial charge in [-0.1, -0.05) is 36.4 Å². The molecular formula is C25H29N3O4. The van der Waals surface area contributed by atoms with E-state index in [0.29, 0.717) is 13.2 Å². The van der Waals surface area contributed by atoms with Crippen LogP contribution in [0.1, 0.15) is 17.9 Å². The molecule has 1 aliphatic carbocycles. The zero-order chi connectivity index (χ0) is 22.0. The summed E-state index contributed by atoms with van der Waals surface area (Å²) in [6.45, 7) is 4.95. The lowest BCUT2D eigenvalue weighted by Gasteiger charge is -2.33. The highest BCUT2D eigenvalue weighted by atomic mass is 16.5. The van der Waals surface area contributed by atoms with Gasteiger partial charge in [0.15, 0.2) is 0 Å². The van der Waals surface area contributed by atoms with Gasteiger partial charge in [0.2, 0.25) is 11.8 Å². The first-order valence-corrected chi connectivity index (χ1v) is 11.3. The van der Waals surface area contributed by atoms with E-state index in [1.54, 1.807) is 4.90 Å². The van der Waals surface area contributed by atoms with Crippen LogP contribution in [0.15, 0.2) is 54.6 Å². The summed E-state index contributed by atoms with van der Waals surface area (Å²) in [4.78, 5) is 30.2. The molecule has 2 amide bonds. The smallest absolute Gasteiger partial charge is 0.240 e. The summed E-state index contributed by atoms with van der Waals surface area (Å²) in [5.74, 6) is 0.752. The molecule has 3 aliphatic rings. The summed E-state index contributed by atoms with van der Waals surface area (Å²) >= 11 is 0. The van der Waals surface area contributed by atoms with Crippen LogP contribution in [-0.4, -0.2) is 69.3 Å². The van der Waals surface area contributed by atoms with Crippen molar-refractivity contribution in [2.24, 2.45) is 5.41 Å². The maximum atomic E-state index is 13.6. The molecule has 1 saturated carbocycles. The molecule has 2 aromatic carbocycles. The van der Waals surface area contributed by atoms with Crippen LogP contribution in [0.25, 0.3) is 0 Å². The Morgan fingerprint density at radius 1 is 1.09 bits per heavy atom. The van der Waals surface area contributed by atoms with Crippen LogP contribution in [-0.2, 0) is 14.3 Å². The molecule has 2 fully saturated rings. The highest BCUT2D eigenvalue weighted by molar-refractivity contribution is 6.07. The number of benzene rings is 2. The van der Waals surface area contributed by atoms with E-state index in [9.17, 15) is 9.59 Å². The third-order valence-corrected chi connectivity index (χ3v) is 6.74. The number of hydrogen-bond donors (Lipinski definition) is 1. The molecule has 1 N–H and O–H groups in total. The minimum absolute atomic E-state index is 0.0135. The van der Waals surface area contributed by atoms with Crippen LogP contribution in [0.5, 0.6) is 5.75 Å². The lowest BCUT2D eigenvalue weighted by atomic mass is 9.92. The van der Waals surface area contributed by atoms with Crippen molar-refractivity contribution >= 4 is 17.5 Å². The van der Waals surface area contributed by atoms with Crippen molar-refractivity contribution in [2.45, 2.75) is 12.3 Å². The molecule has 2 aromatic rings. The molecular weight excluding hydrogens is 406 g/mol. The number of rotatable bonds is 8. The zero-order valence-corrected chi connectivity index (χ0v) is 18.2. The summed E-state index contributed by atoms with van der Waals surface area (Å²) in [7, 11) is 0. The molecule has 0 radical (unpaired) electrons. The molecule has 0 spiro atoms. The van der Waals surface area contributed by atoms with Crippen LogP contribution < -0.4 is 15.0 Å². The van der Waals surface area contributed by atoms with Crippen molar-refractivity contribution in [2.75, 3.05) is 57.4 Å². The van der Waals surface area contributed by atoms with Crippen molar-refractivity contribution in [1.82, 2.24) is 10.2 Å². The number of morpholine rings is 1. The fraction of sp³-hybridized carbons (Fsp3) is 0.440. The number of ether oxygens (including phenoxy) is 2. The number of nitrogens with zero attached hydrogens (tertiary/aromatic N) is 2. The van der Waals surface area contributed by atoms with Crippen LogP contribution in [0.4, 0.5) is 5.69 Å². The Balaban J connectivity index is 1.25. The van der Waals surface area contributed by atoms with Gasteiger partial charge in [-0.25, -0.2) is 0 Å². The summed E-state index contributed by atoms with van der Waals surface area (Å²) in [6, 6.07) is 17.5. The minimum atomic E-state index is -0.585. The largest absolute Gasteiger partial charge is 0.492 e. The summed E-state index contributed by atoms with van der Waals surface area (Å²) in [5, 5.41) is 2.98. The van der Waals surface area contributed by atoms with E-state index in [1.807, 2.05) is 48.5 Å². The first kappa shape index (κ1) is 21.0. The molecule has 2 heterocycles. The van der Waals surface area contributed by atoms with E-state index in [-0.39, 0.29) is 24.3 Å². The fourth-order valence-electron chi connectivity index (χ4n) is 4.84. The molecule has 168 valence electrons. The van der Waals surface area contributed by atoms with Gasteiger partial charge in [-0.15, -0.1) is 0 Å². The Bertz CT molecular complexity index is 976. The highest BCUT2D eigenvalue weighted by Crippen LogP contribution is 2.65. The van der Waals surface area contributed by atoms with Crippen molar-refractivity contribution in [1.29, 1.82) is 0 Å². The normalized spacial score (nSPS) is 24.4. The molecule has 32 heavy (non-hydrogen) atoms. The summed E-state index contributed by atoms with van der Waals surface area (Å²) < 4.78 is 11.4. The lowest BCUT2D eigenvalue weighted by molar-refractivity contribution is -0.128. The van der Waals surface area contributed by atoms with Gasteiger partial charge >= 0.3 is 0 Å². The van der Waals surface area contributed by atoms with E-state index < -0.39 is 5.41 Å². The van der Waals surface area contributed by atoms with Gasteiger partial charge in [0.1, 0.15) is 18.9 Å². The van der Waals surface area contributed by atoms with E-state index in [1.165, 1.54) is 0 Å². The van der Waals surface area contributed by atoms with Crippen LogP contribution in [0.2, 0.25) is 0 Å². The predicted molar refractivity (Wildman–Crippen MR) is 121 cm³/mol. The second kappa shape index (κ2) is 8.92. The average Bonchev–Trinajstić information content (AvgIpc) is 3.58. The zero-order valence-electron chi connectivity index (χ0n) is 18.2. The fourth-order valence-corrected chi connectivity index (χ4v) is 4.84. The van der Waals surface area contributed by atoms with Crippen LogP contribution in [0.3, 0.4) is 0 Å². The SMILES string of the molecule is O=C(CN1C(=O)[C@@]2(COc3ccccc3)C[C@H]2c2ccccc21)NCCN1CCOCC1. The first-order chi connectivity index (χ1) is 15.7. The molecule has 5 rings (SSSR count). The van der Waals surface area contributed by atoms with Crippen molar-refractivity contribution < 1.29 is 19.1 Å². The monoisotopic (exact) mass is 435 g/mol. The Morgan fingerprint density at radius 2 is 1.84 bits per heavy atom. The number of carbonyl (C=O) groups is 2. The number of amides is 2. The molecule has 2 atom stereocenters. The first-order valence-electron chi connectivity index (χ1n) is 11.3. The predicted octanol–water partition coefficient (Wildman–Crippen LogP) is 2.03. The molecule has 0 unspecified atom stereocenters. The second-order valence-corrected chi connectivity index (χ2v) is 8.77. The maximum Gasteiger partial charge on any atom is 0.240 e. The van der Waals surface area contributed by atoms with E-state index in [4.69, 9.17) is 9.47 Å². The molecule has 7 heteroatoms.